The fraction of sp³-hybridized carbons (Fsp3) is 0.500. The Hall–Kier alpha value is -1.84. The average Bonchev–Trinajstić information content (AvgIpc) is 2.77. The smallest absolute Gasteiger partial charge is 0.220 e. The standard InChI is InChI=1S/C16H23N3O/c1-5-15(20)17-12(4)16-18-13-8-6-7-9-14(13)19(16)10-11(2)3/h6-9,11-12H,5,10H2,1-4H3,(H,17,20)/t12-/m0/s1. The Labute approximate surface area is 120 Å². The maximum Gasteiger partial charge on any atom is 0.220 e. The van der Waals surface area contributed by atoms with Gasteiger partial charge in [-0.25, -0.2) is 4.98 Å². The summed E-state index contributed by atoms with van der Waals surface area (Å²) in [4.78, 5) is 16.3. The molecule has 0 aliphatic carbocycles. The third-order valence-electron chi connectivity index (χ3n) is 3.32. The van der Waals surface area contributed by atoms with E-state index in [9.17, 15) is 4.79 Å². The topological polar surface area (TPSA) is 46.9 Å². The number of rotatable bonds is 5. The molecule has 0 saturated carbocycles. The Morgan fingerprint density at radius 3 is 2.65 bits per heavy atom. The number of amides is 1. The van der Waals surface area contributed by atoms with Crippen LogP contribution in [-0.4, -0.2) is 15.5 Å². The van der Waals surface area contributed by atoms with Gasteiger partial charge in [0.1, 0.15) is 5.82 Å². The van der Waals surface area contributed by atoms with E-state index in [-0.39, 0.29) is 11.9 Å². The van der Waals surface area contributed by atoms with Gasteiger partial charge >= 0.3 is 0 Å². The normalized spacial score (nSPS) is 12.8. The lowest BCUT2D eigenvalue weighted by atomic mass is 10.2. The van der Waals surface area contributed by atoms with Crippen LogP contribution < -0.4 is 5.32 Å². The van der Waals surface area contributed by atoms with Crippen molar-refractivity contribution in [3.63, 3.8) is 0 Å². The van der Waals surface area contributed by atoms with Crippen molar-refractivity contribution >= 4 is 16.9 Å². The lowest BCUT2D eigenvalue weighted by Crippen LogP contribution is -2.28. The van der Waals surface area contributed by atoms with Gasteiger partial charge in [-0.05, 0) is 25.0 Å². The molecule has 1 heterocycles. The highest BCUT2D eigenvalue weighted by Gasteiger charge is 2.18. The summed E-state index contributed by atoms with van der Waals surface area (Å²) >= 11 is 0. The zero-order chi connectivity index (χ0) is 14.7. The minimum Gasteiger partial charge on any atom is -0.346 e. The number of nitrogens with one attached hydrogen (secondary N) is 1. The first-order chi connectivity index (χ1) is 9.52. The minimum atomic E-state index is -0.0754. The maximum absolute atomic E-state index is 11.6. The zero-order valence-corrected chi connectivity index (χ0v) is 12.7. The summed E-state index contributed by atoms with van der Waals surface area (Å²) in [5.41, 5.74) is 2.12. The van der Waals surface area contributed by atoms with E-state index in [0.29, 0.717) is 12.3 Å². The van der Waals surface area contributed by atoms with Crippen molar-refractivity contribution in [2.75, 3.05) is 0 Å². The molecule has 1 N–H and O–H groups in total. The van der Waals surface area contributed by atoms with Gasteiger partial charge < -0.3 is 9.88 Å². The molecule has 0 fully saturated rings. The van der Waals surface area contributed by atoms with Crippen LogP contribution in [0.25, 0.3) is 11.0 Å². The highest BCUT2D eigenvalue weighted by atomic mass is 16.1. The summed E-state index contributed by atoms with van der Waals surface area (Å²) in [6.45, 7) is 9.13. The number of nitrogens with zero attached hydrogens (tertiary/aromatic N) is 2. The third kappa shape index (κ3) is 3.00. The number of carbonyl (C=O) groups excluding carboxylic acids is 1. The second-order valence-corrected chi connectivity index (χ2v) is 5.61. The number of benzene rings is 1. The molecule has 4 heteroatoms. The Kier molecular flexibility index (Phi) is 4.42. The molecule has 1 amide bonds. The van der Waals surface area contributed by atoms with E-state index in [4.69, 9.17) is 4.98 Å². The van der Waals surface area contributed by atoms with Crippen molar-refractivity contribution in [2.45, 2.75) is 46.7 Å². The fourth-order valence-corrected chi connectivity index (χ4v) is 2.39. The summed E-state index contributed by atoms with van der Waals surface area (Å²) < 4.78 is 2.22. The Bertz CT molecular complexity index is 601. The van der Waals surface area contributed by atoms with E-state index in [2.05, 4.69) is 29.8 Å². The van der Waals surface area contributed by atoms with Gasteiger partial charge in [0.05, 0.1) is 17.1 Å². The fourth-order valence-electron chi connectivity index (χ4n) is 2.39. The molecule has 0 saturated heterocycles. The largest absolute Gasteiger partial charge is 0.346 e. The second-order valence-electron chi connectivity index (χ2n) is 5.61. The monoisotopic (exact) mass is 273 g/mol. The van der Waals surface area contributed by atoms with Crippen LogP contribution in [0.2, 0.25) is 0 Å². The molecule has 20 heavy (non-hydrogen) atoms. The van der Waals surface area contributed by atoms with Gasteiger partial charge in [0.15, 0.2) is 0 Å². The first-order valence-corrected chi connectivity index (χ1v) is 7.27. The van der Waals surface area contributed by atoms with Crippen molar-refractivity contribution in [3.8, 4) is 0 Å². The molecule has 1 aromatic carbocycles. The van der Waals surface area contributed by atoms with Gasteiger partial charge in [-0.1, -0.05) is 32.9 Å². The quantitative estimate of drug-likeness (QED) is 0.908. The first-order valence-electron chi connectivity index (χ1n) is 7.27. The van der Waals surface area contributed by atoms with Crippen LogP contribution in [0.5, 0.6) is 0 Å². The number of carbonyl (C=O) groups is 1. The molecular formula is C16H23N3O. The van der Waals surface area contributed by atoms with E-state index in [1.54, 1.807) is 0 Å². The second kappa shape index (κ2) is 6.07. The molecule has 1 atom stereocenters. The number of hydrogen-bond acceptors (Lipinski definition) is 2. The number of para-hydroxylation sites is 2. The van der Waals surface area contributed by atoms with Crippen molar-refractivity contribution < 1.29 is 4.79 Å². The van der Waals surface area contributed by atoms with Crippen LogP contribution in [0.1, 0.15) is 46.0 Å². The van der Waals surface area contributed by atoms with Crippen LogP contribution in [0.3, 0.4) is 0 Å². The Morgan fingerprint density at radius 1 is 1.30 bits per heavy atom. The highest BCUT2D eigenvalue weighted by molar-refractivity contribution is 5.77. The number of fused-ring (bicyclic) bond motifs is 1. The van der Waals surface area contributed by atoms with Gasteiger partial charge in [0.25, 0.3) is 0 Å². The van der Waals surface area contributed by atoms with Crippen molar-refractivity contribution in [3.05, 3.63) is 30.1 Å². The molecule has 0 unspecified atom stereocenters. The molecule has 0 aliphatic rings. The van der Waals surface area contributed by atoms with Crippen molar-refractivity contribution in [2.24, 2.45) is 5.92 Å². The summed E-state index contributed by atoms with van der Waals surface area (Å²) in [6, 6.07) is 8.05. The molecule has 4 nitrogen and oxygen atoms in total. The van der Waals surface area contributed by atoms with Crippen LogP contribution in [-0.2, 0) is 11.3 Å². The number of hydrogen-bond donors (Lipinski definition) is 1. The van der Waals surface area contributed by atoms with Gasteiger partial charge in [-0.2, -0.15) is 0 Å². The van der Waals surface area contributed by atoms with Gasteiger partial charge in [-0.15, -0.1) is 0 Å². The minimum absolute atomic E-state index is 0.0562. The highest BCUT2D eigenvalue weighted by Crippen LogP contribution is 2.22. The van der Waals surface area contributed by atoms with Gasteiger partial charge in [0.2, 0.25) is 5.91 Å². The zero-order valence-electron chi connectivity index (χ0n) is 12.7. The summed E-state index contributed by atoms with van der Waals surface area (Å²) in [5, 5.41) is 3.00. The van der Waals surface area contributed by atoms with E-state index in [1.165, 1.54) is 0 Å². The SMILES string of the molecule is CCC(=O)N[C@@H](C)c1nc2ccccc2n1CC(C)C. The average molecular weight is 273 g/mol. The van der Waals surface area contributed by atoms with Crippen LogP contribution in [0, 0.1) is 5.92 Å². The molecule has 1 aromatic heterocycles. The van der Waals surface area contributed by atoms with E-state index < -0.39 is 0 Å². The van der Waals surface area contributed by atoms with Crippen LogP contribution in [0.15, 0.2) is 24.3 Å². The number of imidazole rings is 1. The molecule has 0 spiro atoms. The molecule has 0 aliphatic heterocycles. The molecular weight excluding hydrogens is 250 g/mol. The summed E-state index contributed by atoms with van der Waals surface area (Å²) in [5.74, 6) is 1.52. The van der Waals surface area contributed by atoms with Gasteiger partial charge in [0, 0.05) is 13.0 Å². The lowest BCUT2D eigenvalue weighted by molar-refractivity contribution is -0.121. The number of aromatic nitrogens is 2. The van der Waals surface area contributed by atoms with Crippen LogP contribution >= 0.6 is 0 Å². The summed E-state index contributed by atoms with van der Waals surface area (Å²) in [7, 11) is 0. The summed E-state index contributed by atoms with van der Waals surface area (Å²) in [6.07, 6.45) is 0.495. The molecule has 2 rings (SSSR count). The van der Waals surface area contributed by atoms with E-state index in [1.807, 2.05) is 32.0 Å². The van der Waals surface area contributed by atoms with E-state index >= 15 is 0 Å². The predicted octanol–water partition coefficient (Wildman–Crippen LogP) is 3.28. The molecule has 2 aromatic rings. The first kappa shape index (κ1) is 14.6. The maximum atomic E-state index is 11.6. The lowest BCUT2D eigenvalue weighted by Gasteiger charge is -2.17. The molecule has 108 valence electrons. The van der Waals surface area contributed by atoms with Crippen LogP contribution in [0.4, 0.5) is 0 Å². The Morgan fingerprint density at radius 2 is 2.00 bits per heavy atom. The van der Waals surface area contributed by atoms with Gasteiger partial charge in [-0.3, -0.25) is 4.79 Å². The molecule has 0 bridgehead atoms. The third-order valence-corrected chi connectivity index (χ3v) is 3.32. The van der Waals surface area contributed by atoms with E-state index in [0.717, 1.165) is 23.4 Å². The molecule has 0 radical (unpaired) electrons. The Balaban J connectivity index is 2.42. The van der Waals surface area contributed by atoms with Crippen molar-refractivity contribution in [1.29, 1.82) is 0 Å². The van der Waals surface area contributed by atoms with Crippen molar-refractivity contribution in [1.82, 2.24) is 14.9 Å². The predicted molar refractivity (Wildman–Crippen MR) is 81.4 cm³/mol.